The van der Waals surface area contributed by atoms with Gasteiger partial charge in [0.15, 0.2) is 6.04 Å². The van der Waals surface area contributed by atoms with E-state index in [-0.39, 0.29) is 18.0 Å². The molecule has 3 N–H and O–H groups in total. The second-order valence-electron chi connectivity index (χ2n) is 5.18. The van der Waals surface area contributed by atoms with E-state index in [4.69, 9.17) is 0 Å². The number of carbonyl (C=O) groups is 1. The molecule has 0 aliphatic carbocycles. The van der Waals surface area contributed by atoms with E-state index in [1.807, 2.05) is 6.92 Å². The van der Waals surface area contributed by atoms with Crippen molar-refractivity contribution >= 4 is 17.2 Å². The van der Waals surface area contributed by atoms with Crippen LogP contribution in [0.3, 0.4) is 0 Å². The zero-order valence-electron chi connectivity index (χ0n) is 12.8. The minimum absolute atomic E-state index is 0.0572. The first-order chi connectivity index (χ1) is 10.2. The Labute approximate surface area is 130 Å². The smallest absolute Gasteiger partial charge is 0.277 e. The minimum atomic E-state index is -0.118. The normalized spacial score (nSPS) is 13.7. The Morgan fingerprint density at radius 2 is 2.00 bits per heavy atom. The van der Waals surface area contributed by atoms with E-state index in [0.29, 0.717) is 0 Å². The third kappa shape index (κ3) is 3.93. The highest BCUT2D eigenvalue weighted by atomic mass is 32.1. The van der Waals surface area contributed by atoms with E-state index in [2.05, 4.69) is 59.3 Å². The fourth-order valence-corrected chi connectivity index (χ4v) is 3.24. The molecule has 0 saturated heterocycles. The molecule has 4 heteroatoms. The molecule has 0 aliphatic rings. The van der Waals surface area contributed by atoms with Gasteiger partial charge in [0.2, 0.25) is 0 Å². The third-order valence-corrected chi connectivity index (χ3v) is 4.69. The van der Waals surface area contributed by atoms with Gasteiger partial charge in [0.1, 0.15) is 6.04 Å². The summed E-state index contributed by atoms with van der Waals surface area (Å²) < 4.78 is 0. The number of hydrogen-bond donors (Lipinski definition) is 2. The predicted molar refractivity (Wildman–Crippen MR) is 87.4 cm³/mol. The molecule has 0 saturated carbocycles. The van der Waals surface area contributed by atoms with Crippen LogP contribution in [-0.2, 0) is 11.2 Å². The summed E-state index contributed by atoms with van der Waals surface area (Å²) in [4.78, 5) is 13.1. The van der Waals surface area contributed by atoms with E-state index in [1.54, 1.807) is 18.4 Å². The van der Waals surface area contributed by atoms with Crippen molar-refractivity contribution in [2.24, 2.45) is 0 Å². The number of aryl methyl sites for hydroxylation is 1. The fourth-order valence-electron chi connectivity index (χ4n) is 2.40. The summed E-state index contributed by atoms with van der Waals surface area (Å²) in [5, 5.41) is 6.93. The number of quaternary nitrogens is 1. The van der Waals surface area contributed by atoms with Gasteiger partial charge in [-0.1, -0.05) is 37.3 Å². The summed E-state index contributed by atoms with van der Waals surface area (Å²) in [7, 11) is 1.68. The molecule has 1 aromatic heterocycles. The molecule has 112 valence electrons. The van der Waals surface area contributed by atoms with Gasteiger partial charge < -0.3 is 10.6 Å². The van der Waals surface area contributed by atoms with Gasteiger partial charge in [-0.15, -0.1) is 11.3 Å². The molecule has 1 aromatic carbocycles. The lowest BCUT2D eigenvalue weighted by atomic mass is 10.0. The van der Waals surface area contributed by atoms with Gasteiger partial charge in [0.05, 0.1) is 4.88 Å². The number of nitrogens with two attached hydrogens (primary N) is 1. The number of rotatable bonds is 6. The maximum atomic E-state index is 11.8. The zero-order valence-corrected chi connectivity index (χ0v) is 13.6. The summed E-state index contributed by atoms with van der Waals surface area (Å²) in [6.07, 6.45) is 1.04. The van der Waals surface area contributed by atoms with Gasteiger partial charge in [-0.2, -0.15) is 0 Å². The average molecular weight is 303 g/mol. The number of benzene rings is 1. The molecular formula is C17H23N2OS+. The van der Waals surface area contributed by atoms with Crippen LogP contribution in [0.2, 0.25) is 0 Å². The lowest BCUT2D eigenvalue weighted by Crippen LogP contribution is -2.92. The highest BCUT2D eigenvalue weighted by Gasteiger charge is 2.24. The SMILES string of the molecule is CCc1ccc([C@@H]([NH2+][C@@H](C)C(=O)NC)c2cccs2)cc1. The number of carbonyl (C=O) groups excluding carboxylic acids is 1. The largest absolute Gasteiger partial charge is 0.354 e. The molecule has 0 spiro atoms. The van der Waals surface area contributed by atoms with Crippen LogP contribution < -0.4 is 10.6 Å². The second kappa shape index (κ2) is 7.38. The quantitative estimate of drug-likeness (QED) is 0.843. The lowest BCUT2D eigenvalue weighted by Gasteiger charge is -2.19. The molecule has 1 amide bonds. The Morgan fingerprint density at radius 3 is 2.52 bits per heavy atom. The lowest BCUT2D eigenvalue weighted by molar-refractivity contribution is -0.704. The fraction of sp³-hybridized carbons (Fsp3) is 0.353. The van der Waals surface area contributed by atoms with Crippen LogP contribution in [0.4, 0.5) is 0 Å². The van der Waals surface area contributed by atoms with Crippen molar-refractivity contribution in [1.82, 2.24) is 5.32 Å². The number of hydrogen-bond acceptors (Lipinski definition) is 2. The molecule has 2 atom stereocenters. The average Bonchev–Trinajstić information content (AvgIpc) is 3.05. The molecule has 2 aromatic rings. The number of thiophene rings is 1. The molecular weight excluding hydrogens is 280 g/mol. The maximum Gasteiger partial charge on any atom is 0.277 e. The van der Waals surface area contributed by atoms with Crippen molar-refractivity contribution in [3.63, 3.8) is 0 Å². The van der Waals surface area contributed by atoms with Crippen molar-refractivity contribution in [2.45, 2.75) is 32.4 Å². The summed E-state index contributed by atoms with van der Waals surface area (Å²) in [5.41, 5.74) is 2.58. The highest BCUT2D eigenvalue weighted by molar-refractivity contribution is 7.10. The predicted octanol–water partition coefficient (Wildman–Crippen LogP) is 2.10. The van der Waals surface area contributed by atoms with Gasteiger partial charge >= 0.3 is 0 Å². The van der Waals surface area contributed by atoms with E-state index in [9.17, 15) is 4.79 Å². The van der Waals surface area contributed by atoms with Crippen molar-refractivity contribution < 1.29 is 10.1 Å². The van der Waals surface area contributed by atoms with Crippen LogP contribution in [0, 0.1) is 0 Å². The van der Waals surface area contributed by atoms with Crippen LogP contribution in [-0.4, -0.2) is 19.0 Å². The van der Waals surface area contributed by atoms with E-state index < -0.39 is 0 Å². The van der Waals surface area contributed by atoms with Gasteiger partial charge in [-0.25, -0.2) is 0 Å². The molecule has 21 heavy (non-hydrogen) atoms. The van der Waals surface area contributed by atoms with Gasteiger partial charge in [-0.05, 0) is 30.4 Å². The monoisotopic (exact) mass is 303 g/mol. The molecule has 3 nitrogen and oxygen atoms in total. The topological polar surface area (TPSA) is 45.7 Å². The first-order valence-corrected chi connectivity index (χ1v) is 8.22. The summed E-state index contributed by atoms with van der Waals surface area (Å²) in [5.74, 6) is 0.0572. The summed E-state index contributed by atoms with van der Waals surface area (Å²) in [6, 6.07) is 13.0. The van der Waals surface area contributed by atoms with Crippen LogP contribution in [0.5, 0.6) is 0 Å². The first-order valence-electron chi connectivity index (χ1n) is 7.34. The number of nitrogens with one attached hydrogen (secondary N) is 1. The van der Waals surface area contributed by atoms with Crippen LogP contribution >= 0.6 is 11.3 Å². The maximum absolute atomic E-state index is 11.8. The number of likely N-dealkylation sites (N-methyl/N-ethyl adjacent to an activating group) is 1. The summed E-state index contributed by atoms with van der Waals surface area (Å²) >= 11 is 1.73. The summed E-state index contributed by atoms with van der Waals surface area (Å²) in [6.45, 7) is 4.10. The molecule has 0 radical (unpaired) electrons. The third-order valence-electron chi connectivity index (χ3n) is 3.74. The first kappa shape index (κ1) is 15.7. The Morgan fingerprint density at radius 1 is 1.29 bits per heavy atom. The zero-order chi connectivity index (χ0) is 15.2. The standard InChI is InChI=1S/C17H22N2OS/c1-4-13-7-9-14(10-8-13)16(15-6-5-11-21-15)19-12(2)17(20)18-3/h5-12,16,19H,4H2,1-3H3,(H,18,20)/p+1/t12-,16+/m0/s1. The Hall–Kier alpha value is -1.65. The van der Waals surface area contributed by atoms with Crippen molar-refractivity contribution in [1.29, 1.82) is 0 Å². The second-order valence-corrected chi connectivity index (χ2v) is 6.16. The Bertz CT molecular complexity index is 563. The molecule has 0 fully saturated rings. The minimum Gasteiger partial charge on any atom is -0.354 e. The van der Waals surface area contributed by atoms with Crippen molar-refractivity contribution in [2.75, 3.05) is 7.05 Å². The van der Waals surface area contributed by atoms with Gasteiger partial charge in [-0.3, -0.25) is 4.79 Å². The Kier molecular flexibility index (Phi) is 5.53. The van der Waals surface area contributed by atoms with E-state index in [1.165, 1.54) is 16.0 Å². The van der Waals surface area contributed by atoms with Crippen molar-refractivity contribution in [3.05, 3.63) is 57.8 Å². The molecule has 2 rings (SSSR count). The van der Waals surface area contributed by atoms with Crippen molar-refractivity contribution in [3.8, 4) is 0 Å². The van der Waals surface area contributed by atoms with Crippen LogP contribution in [0.25, 0.3) is 0 Å². The molecule has 0 aliphatic heterocycles. The Balaban J connectivity index is 2.25. The molecule has 0 bridgehead atoms. The van der Waals surface area contributed by atoms with Crippen LogP contribution in [0.15, 0.2) is 41.8 Å². The van der Waals surface area contributed by atoms with E-state index >= 15 is 0 Å². The van der Waals surface area contributed by atoms with Crippen LogP contribution in [0.1, 0.15) is 35.9 Å². The number of amides is 1. The highest BCUT2D eigenvalue weighted by Crippen LogP contribution is 2.23. The van der Waals surface area contributed by atoms with E-state index in [0.717, 1.165) is 6.42 Å². The molecule has 1 heterocycles. The molecule has 0 unspecified atom stereocenters. The van der Waals surface area contributed by atoms with Gasteiger partial charge in [0.25, 0.3) is 5.91 Å². The van der Waals surface area contributed by atoms with Gasteiger partial charge in [0, 0.05) is 12.6 Å².